The van der Waals surface area contributed by atoms with Gasteiger partial charge in [-0.3, -0.25) is 4.90 Å². The van der Waals surface area contributed by atoms with Crippen LogP contribution in [-0.4, -0.2) is 28.1 Å². The van der Waals surface area contributed by atoms with Crippen molar-refractivity contribution in [1.82, 2.24) is 14.5 Å². The van der Waals surface area contributed by atoms with E-state index in [1.54, 1.807) is 7.11 Å². The lowest BCUT2D eigenvalue weighted by atomic mass is 9.94. The molecule has 2 heterocycles. The first-order valence-electron chi connectivity index (χ1n) is 13.7. The lowest BCUT2D eigenvalue weighted by Gasteiger charge is -2.36. The number of ether oxygens (including phenoxy) is 1. The molecule has 0 N–H and O–H groups in total. The first kappa shape index (κ1) is 25.3. The standard InChI is InChI=1S/C33H39N3O/c1-5-24-15-12-16-25(6-2)31(24)33-34-32(27-13-8-7-9-14-27)30(35(33)3)23-36-22-11-10-17-29(36)26-18-20-28(37-4)21-19-26/h7-9,12-16,18-21,29H,5-6,10-11,17,22-23H2,1-4H3. The second kappa shape index (κ2) is 11.4. The van der Waals surface area contributed by atoms with E-state index in [0.717, 1.165) is 43.2 Å². The molecule has 0 radical (unpaired) electrons. The Morgan fingerprint density at radius 1 is 0.865 bits per heavy atom. The zero-order chi connectivity index (χ0) is 25.8. The molecule has 37 heavy (non-hydrogen) atoms. The summed E-state index contributed by atoms with van der Waals surface area (Å²) in [5.41, 5.74) is 8.99. The lowest BCUT2D eigenvalue weighted by molar-refractivity contribution is 0.137. The molecule has 1 atom stereocenters. The summed E-state index contributed by atoms with van der Waals surface area (Å²) in [4.78, 5) is 8.03. The molecule has 1 saturated heterocycles. The van der Waals surface area contributed by atoms with Gasteiger partial charge in [-0.05, 0) is 61.1 Å². The second-order valence-electron chi connectivity index (χ2n) is 10.1. The van der Waals surface area contributed by atoms with Gasteiger partial charge in [-0.2, -0.15) is 0 Å². The van der Waals surface area contributed by atoms with E-state index in [1.165, 1.54) is 52.8 Å². The van der Waals surface area contributed by atoms with E-state index >= 15 is 0 Å². The molecule has 3 aromatic carbocycles. The molecule has 1 aliphatic rings. The number of likely N-dealkylation sites (tertiary alicyclic amines) is 1. The van der Waals surface area contributed by atoms with Crippen molar-refractivity contribution in [3.05, 3.63) is 95.2 Å². The topological polar surface area (TPSA) is 30.3 Å². The van der Waals surface area contributed by atoms with Crippen LogP contribution in [0.2, 0.25) is 0 Å². The summed E-state index contributed by atoms with van der Waals surface area (Å²) in [5.74, 6) is 2.00. The molecular formula is C33H39N3O. The van der Waals surface area contributed by atoms with E-state index in [2.05, 4.69) is 103 Å². The van der Waals surface area contributed by atoms with Crippen LogP contribution >= 0.6 is 0 Å². The number of nitrogens with zero attached hydrogens (tertiary/aromatic N) is 3. The minimum Gasteiger partial charge on any atom is -0.497 e. The van der Waals surface area contributed by atoms with E-state index < -0.39 is 0 Å². The highest BCUT2D eigenvalue weighted by Crippen LogP contribution is 2.37. The Labute approximate surface area is 221 Å². The molecule has 0 bridgehead atoms. The van der Waals surface area contributed by atoms with Crippen molar-refractivity contribution in [1.29, 1.82) is 0 Å². The SMILES string of the molecule is CCc1cccc(CC)c1-c1nc(-c2ccccc2)c(CN2CCCCC2c2ccc(OC)cc2)n1C. The molecule has 0 spiro atoms. The van der Waals surface area contributed by atoms with E-state index in [4.69, 9.17) is 9.72 Å². The fourth-order valence-corrected chi connectivity index (χ4v) is 5.87. The molecule has 1 aromatic heterocycles. The van der Waals surface area contributed by atoms with E-state index in [0.29, 0.717) is 6.04 Å². The Morgan fingerprint density at radius 3 is 2.22 bits per heavy atom. The minimum atomic E-state index is 0.399. The molecule has 0 aliphatic carbocycles. The molecule has 0 saturated carbocycles. The number of benzene rings is 3. The summed E-state index contributed by atoms with van der Waals surface area (Å²) in [6, 6.07) is 26.5. The number of methoxy groups -OCH3 is 1. The Hall–Kier alpha value is -3.37. The van der Waals surface area contributed by atoms with Gasteiger partial charge in [0.05, 0.1) is 18.5 Å². The van der Waals surface area contributed by atoms with Crippen molar-refractivity contribution in [3.63, 3.8) is 0 Å². The van der Waals surface area contributed by atoms with Crippen molar-refractivity contribution in [2.75, 3.05) is 13.7 Å². The summed E-state index contributed by atoms with van der Waals surface area (Å²) in [6.07, 6.45) is 5.67. The summed E-state index contributed by atoms with van der Waals surface area (Å²) in [5, 5.41) is 0. The molecular weight excluding hydrogens is 454 g/mol. The first-order valence-corrected chi connectivity index (χ1v) is 13.7. The van der Waals surface area contributed by atoms with Crippen LogP contribution in [0.3, 0.4) is 0 Å². The van der Waals surface area contributed by atoms with Crippen molar-refractivity contribution in [2.24, 2.45) is 7.05 Å². The van der Waals surface area contributed by atoms with Gasteiger partial charge in [-0.15, -0.1) is 0 Å². The van der Waals surface area contributed by atoms with Gasteiger partial charge in [0.1, 0.15) is 11.6 Å². The smallest absolute Gasteiger partial charge is 0.141 e. The molecule has 0 amide bonds. The van der Waals surface area contributed by atoms with Gasteiger partial charge in [-0.25, -0.2) is 4.98 Å². The summed E-state index contributed by atoms with van der Waals surface area (Å²) in [6.45, 7) is 6.46. The van der Waals surface area contributed by atoms with Crippen molar-refractivity contribution in [2.45, 2.75) is 58.5 Å². The van der Waals surface area contributed by atoms with Crippen LogP contribution in [0, 0.1) is 0 Å². The van der Waals surface area contributed by atoms with Crippen molar-refractivity contribution >= 4 is 0 Å². The molecule has 4 heteroatoms. The Kier molecular flexibility index (Phi) is 7.76. The van der Waals surface area contributed by atoms with Gasteiger partial charge in [0.25, 0.3) is 0 Å². The zero-order valence-electron chi connectivity index (χ0n) is 22.7. The van der Waals surface area contributed by atoms with Crippen LogP contribution in [0.4, 0.5) is 0 Å². The number of aryl methyl sites for hydroxylation is 2. The normalized spacial score (nSPS) is 16.2. The van der Waals surface area contributed by atoms with Gasteiger partial charge in [0.2, 0.25) is 0 Å². The lowest BCUT2D eigenvalue weighted by Crippen LogP contribution is -2.33. The molecule has 4 nitrogen and oxygen atoms in total. The number of hydrogen-bond acceptors (Lipinski definition) is 3. The predicted octanol–water partition coefficient (Wildman–Crippen LogP) is 7.61. The highest BCUT2D eigenvalue weighted by Gasteiger charge is 2.28. The van der Waals surface area contributed by atoms with Crippen LogP contribution in [-0.2, 0) is 26.4 Å². The number of rotatable bonds is 8. The highest BCUT2D eigenvalue weighted by molar-refractivity contribution is 5.72. The largest absolute Gasteiger partial charge is 0.497 e. The molecule has 1 fully saturated rings. The molecule has 4 aromatic rings. The monoisotopic (exact) mass is 493 g/mol. The Bertz CT molecular complexity index is 1300. The average Bonchev–Trinajstić information content (AvgIpc) is 3.28. The summed E-state index contributed by atoms with van der Waals surface area (Å²) < 4.78 is 7.79. The summed E-state index contributed by atoms with van der Waals surface area (Å²) in [7, 11) is 3.94. The van der Waals surface area contributed by atoms with Crippen molar-refractivity contribution < 1.29 is 4.74 Å². The maximum Gasteiger partial charge on any atom is 0.141 e. The second-order valence-corrected chi connectivity index (χ2v) is 10.1. The molecule has 1 unspecified atom stereocenters. The van der Waals surface area contributed by atoms with Gasteiger partial charge in [0, 0.05) is 30.8 Å². The van der Waals surface area contributed by atoms with Crippen LogP contribution in [0.25, 0.3) is 22.6 Å². The molecule has 5 rings (SSSR count). The van der Waals surface area contributed by atoms with Crippen LogP contribution in [0.1, 0.15) is 61.5 Å². The van der Waals surface area contributed by atoms with Crippen molar-refractivity contribution in [3.8, 4) is 28.4 Å². The maximum atomic E-state index is 5.42. The third kappa shape index (κ3) is 5.08. The van der Waals surface area contributed by atoms with Crippen LogP contribution in [0.15, 0.2) is 72.8 Å². The third-order valence-electron chi connectivity index (χ3n) is 7.95. The Morgan fingerprint density at radius 2 is 1.57 bits per heavy atom. The summed E-state index contributed by atoms with van der Waals surface area (Å²) >= 11 is 0. The number of hydrogen-bond donors (Lipinski definition) is 0. The zero-order valence-corrected chi connectivity index (χ0v) is 22.7. The quantitative estimate of drug-likeness (QED) is 0.253. The van der Waals surface area contributed by atoms with E-state index in [-0.39, 0.29) is 0 Å². The third-order valence-corrected chi connectivity index (χ3v) is 7.95. The fourth-order valence-electron chi connectivity index (χ4n) is 5.87. The van der Waals surface area contributed by atoms with Gasteiger partial charge in [-0.1, -0.05) is 80.9 Å². The predicted molar refractivity (Wildman–Crippen MR) is 153 cm³/mol. The molecule has 1 aliphatic heterocycles. The average molecular weight is 494 g/mol. The number of imidazole rings is 1. The molecule has 192 valence electrons. The first-order chi connectivity index (χ1) is 18.1. The highest BCUT2D eigenvalue weighted by atomic mass is 16.5. The minimum absolute atomic E-state index is 0.399. The number of piperidine rings is 1. The maximum absolute atomic E-state index is 5.42. The van der Waals surface area contributed by atoms with E-state index in [9.17, 15) is 0 Å². The van der Waals surface area contributed by atoms with Gasteiger partial charge >= 0.3 is 0 Å². The fraction of sp³-hybridized carbons (Fsp3) is 0.364. The van der Waals surface area contributed by atoms with Gasteiger partial charge < -0.3 is 9.30 Å². The number of aromatic nitrogens is 2. The van der Waals surface area contributed by atoms with Crippen LogP contribution < -0.4 is 4.74 Å². The Balaban J connectivity index is 1.60. The van der Waals surface area contributed by atoms with Crippen LogP contribution in [0.5, 0.6) is 5.75 Å². The van der Waals surface area contributed by atoms with E-state index in [1.807, 2.05) is 0 Å². The van der Waals surface area contributed by atoms with Gasteiger partial charge in [0.15, 0.2) is 0 Å².